The van der Waals surface area contributed by atoms with Gasteiger partial charge in [-0.3, -0.25) is 0 Å². The lowest BCUT2D eigenvalue weighted by Gasteiger charge is -2.28. The molecule has 1 fully saturated rings. The number of anilines is 1. The molecule has 1 aromatic rings. The van der Waals surface area contributed by atoms with Crippen LogP contribution in [-0.2, 0) is 0 Å². The van der Waals surface area contributed by atoms with Gasteiger partial charge in [0.2, 0.25) is 0 Å². The van der Waals surface area contributed by atoms with Crippen molar-refractivity contribution in [1.29, 1.82) is 0 Å². The number of hydrogen-bond donors (Lipinski definition) is 2. The first-order valence-corrected chi connectivity index (χ1v) is 6.82. The van der Waals surface area contributed by atoms with Crippen molar-refractivity contribution in [3.05, 3.63) is 29.3 Å². The van der Waals surface area contributed by atoms with Crippen molar-refractivity contribution >= 4 is 17.3 Å². The Morgan fingerprint density at radius 2 is 1.76 bits per heavy atom. The molecule has 2 nitrogen and oxygen atoms in total. The Hall–Kier alpha value is -0.730. The summed E-state index contributed by atoms with van der Waals surface area (Å²) in [7, 11) is 2.07. The molecule has 0 spiro atoms. The van der Waals surface area contributed by atoms with Crippen LogP contribution in [0.3, 0.4) is 0 Å². The van der Waals surface area contributed by atoms with Crippen LogP contribution in [0.15, 0.2) is 24.3 Å². The summed E-state index contributed by atoms with van der Waals surface area (Å²) in [4.78, 5) is 0. The molecule has 2 rings (SSSR count). The highest BCUT2D eigenvalue weighted by Crippen LogP contribution is 2.24. The van der Waals surface area contributed by atoms with E-state index in [1.165, 1.54) is 31.4 Å². The Morgan fingerprint density at radius 1 is 1.12 bits per heavy atom. The van der Waals surface area contributed by atoms with Crippen LogP contribution in [0.5, 0.6) is 0 Å². The maximum absolute atomic E-state index is 5.86. The van der Waals surface area contributed by atoms with Crippen LogP contribution in [-0.4, -0.2) is 19.6 Å². The molecule has 0 heterocycles. The van der Waals surface area contributed by atoms with Crippen LogP contribution in [0.1, 0.15) is 25.7 Å². The Labute approximate surface area is 109 Å². The Bertz CT molecular complexity index is 329. The van der Waals surface area contributed by atoms with Crippen molar-refractivity contribution in [2.24, 2.45) is 5.92 Å². The van der Waals surface area contributed by atoms with Crippen molar-refractivity contribution in [3.8, 4) is 0 Å². The van der Waals surface area contributed by atoms with E-state index in [2.05, 4.69) is 17.7 Å². The summed E-state index contributed by atoms with van der Waals surface area (Å²) in [5.41, 5.74) is 1.17. The zero-order valence-electron chi connectivity index (χ0n) is 10.4. The SMILES string of the molecule is CNC1CCC(CNc2ccc(Cl)cc2)CC1. The Balaban J connectivity index is 1.74. The molecule has 0 bridgehead atoms. The summed E-state index contributed by atoms with van der Waals surface area (Å²) >= 11 is 5.86. The standard InChI is InChI=1S/C14H21ClN2/c1-16-13-6-2-11(3-7-13)10-17-14-8-4-12(15)5-9-14/h4-5,8-9,11,13,16-17H,2-3,6-7,10H2,1H3. The third-order valence-electron chi connectivity index (χ3n) is 3.69. The van der Waals surface area contributed by atoms with Gasteiger partial charge in [-0.15, -0.1) is 0 Å². The van der Waals surface area contributed by atoms with Gasteiger partial charge in [-0.25, -0.2) is 0 Å². The van der Waals surface area contributed by atoms with Crippen LogP contribution >= 0.6 is 11.6 Å². The predicted octanol–water partition coefficient (Wildman–Crippen LogP) is 3.53. The number of nitrogens with one attached hydrogen (secondary N) is 2. The minimum atomic E-state index is 0.738. The first kappa shape index (κ1) is 12.7. The summed E-state index contributed by atoms with van der Waals surface area (Å²) in [6.45, 7) is 1.08. The van der Waals surface area contributed by atoms with Crippen molar-refractivity contribution in [3.63, 3.8) is 0 Å². The highest BCUT2D eigenvalue weighted by Gasteiger charge is 2.19. The van der Waals surface area contributed by atoms with Crippen LogP contribution < -0.4 is 10.6 Å². The molecule has 17 heavy (non-hydrogen) atoms. The van der Waals surface area contributed by atoms with Crippen molar-refractivity contribution in [2.75, 3.05) is 18.9 Å². The highest BCUT2D eigenvalue weighted by molar-refractivity contribution is 6.30. The molecular weight excluding hydrogens is 232 g/mol. The van der Waals surface area contributed by atoms with E-state index in [1.807, 2.05) is 24.3 Å². The minimum Gasteiger partial charge on any atom is -0.385 e. The van der Waals surface area contributed by atoms with E-state index in [1.54, 1.807) is 0 Å². The minimum absolute atomic E-state index is 0.738. The number of hydrogen-bond acceptors (Lipinski definition) is 2. The van der Waals surface area contributed by atoms with Gasteiger partial charge in [0.25, 0.3) is 0 Å². The largest absolute Gasteiger partial charge is 0.385 e. The molecule has 0 radical (unpaired) electrons. The molecule has 2 N–H and O–H groups in total. The van der Waals surface area contributed by atoms with Crippen molar-refractivity contribution in [1.82, 2.24) is 5.32 Å². The van der Waals surface area contributed by atoms with Gasteiger partial charge in [-0.1, -0.05) is 11.6 Å². The van der Waals surface area contributed by atoms with E-state index in [-0.39, 0.29) is 0 Å². The zero-order valence-corrected chi connectivity index (χ0v) is 11.1. The fourth-order valence-corrected chi connectivity index (χ4v) is 2.61. The van der Waals surface area contributed by atoms with Gasteiger partial charge in [-0.05, 0) is 62.9 Å². The monoisotopic (exact) mass is 252 g/mol. The van der Waals surface area contributed by atoms with Crippen LogP contribution in [0, 0.1) is 5.92 Å². The lowest BCUT2D eigenvalue weighted by atomic mass is 9.86. The summed E-state index contributed by atoms with van der Waals surface area (Å²) in [5, 5.41) is 7.66. The van der Waals surface area contributed by atoms with Gasteiger partial charge in [0, 0.05) is 23.3 Å². The first-order valence-electron chi connectivity index (χ1n) is 6.44. The summed E-state index contributed by atoms with van der Waals surface area (Å²) in [5.74, 6) is 0.815. The van der Waals surface area contributed by atoms with Gasteiger partial charge in [0.15, 0.2) is 0 Å². The van der Waals surface area contributed by atoms with Crippen molar-refractivity contribution in [2.45, 2.75) is 31.7 Å². The third-order valence-corrected chi connectivity index (χ3v) is 3.95. The van der Waals surface area contributed by atoms with E-state index in [4.69, 9.17) is 11.6 Å². The average molecular weight is 253 g/mol. The molecule has 1 saturated carbocycles. The van der Waals surface area contributed by atoms with E-state index < -0.39 is 0 Å². The van der Waals surface area contributed by atoms with Gasteiger partial charge in [0.05, 0.1) is 0 Å². The molecule has 94 valence electrons. The van der Waals surface area contributed by atoms with Gasteiger partial charge in [0.1, 0.15) is 0 Å². The van der Waals surface area contributed by atoms with Crippen LogP contribution in [0.2, 0.25) is 5.02 Å². The third kappa shape index (κ3) is 3.90. The normalized spacial score (nSPS) is 24.6. The maximum Gasteiger partial charge on any atom is 0.0407 e. The zero-order chi connectivity index (χ0) is 12.1. The van der Waals surface area contributed by atoms with Gasteiger partial charge in [-0.2, -0.15) is 0 Å². The van der Waals surface area contributed by atoms with Crippen LogP contribution in [0.4, 0.5) is 5.69 Å². The Morgan fingerprint density at radius 3 is 2.35 bits per heavy atom. The molecule has 0 aromatic heterocycles. The smallest absolute Gasteiger partial charge is 0.0407 e. The molecule has 0 amide bonds. The molecule has 0 atom stereocenters. The summed E-state index contributed by atoms with van der Waals surface area (Å²) in [6, 6.07) is 8.69. The molecule has 0 aliphatic heterocycles. The predicted molar refractivity (Wildman–Crippen MR) is 74.7 cm³/mol. The van der Waals surface area contributed by atoms with E-state index in [0.29, 0.717) is 0 Å². The fourth-order valence-electron chi connectivity index (χ4n) is 2.49. The second-order valence-electron chi connectivity index (χ2n) is 4.89. The second kappa shape index (κ2) is 6.27. The highest BCUT2D eigenvalue weighted by atomic mass is 35.5. The number of rotatable bonds is 4. The lowest BCUT2D eigenvalue weighted by Crippen LogP contribution is -2.32. The molecule has 1 aliphatic rings. The fraction of sp³-hybridized carbons (Fsp3) is 0.571. The van der Waals surface area contributed by atoms with Gasteiger partial charge < -0.3 is 10.6 Å². The molecule has 1 aromatic carbocycles. The van der Waals surface area contributed by atoms with E-state index in [9.17, 15) is 0 Å². The lowest BCUT2D eigenvalue weighted by molar-refractivity contribution is 0.312. The Kier molecular flexibility index (Phi) is 4.69. The molecule has 0 saturated heterocycles. The summed E-state index contributed by atoms with van der Waals surface area (Å²) in [6.07, 6.45) is 5.27. The average Bonchev–Trinajstić information content (AvgIpc) is 2.39. The van der Waals surface area contributed by atoms with E-state index >= 15 is 0 Å². The van der Waals surface area contributed by atoms with Crippen LogP contribution in [0.25, 0.3) is 0 Å². The number of benzene rings is 1. The first-order chi connectivity index (χ1) is 8.28. The molecule has 1 aliphatic carbocycles. The van der Waals surface area contributed by atoms with Crippen molar-refractivity contribution < 1.29 is 0 Å². The topological polar surface area (TPSA) is 24.1 Å². The quantitative estimate of drug-likeness (QED) is 0.857. The molecule has 0 unspecified atom stereocenters. The molecular formula is C14H21ClN2. The maximum atomic E-state index is 5.86. The van der Waals surface area contributed by atoms with Gasteiger partial charge >= 0.3 is 0 Å². The number of halogens is 1. The summed E-state index contributed by atoms with van der Waals surface area (Å²) < 4.78 is 0. The van der Waals surface area contributed by atoms with E-state index in [0.717, 1.165) is 23.5 Å². The molecule has 3 heteroatoms. The second-order valence-corrected chi connectivity index (χ2v) is 5.33.